The molecular formula is C27H30N6O4. The maximum absolute atomic E-state index is 11.9. The van der Waals surface area contributed by atoms with Crippen LogP contribution in [-0.2, 0) is 14.3 Å². The van der Waals surface area contributed by atoms with Crippen molar-refractivity contribution < 1.29 is 19.1 Å². The standard InChI is InChI=1S/C27H30N6O4/c1-5-28-27(36)33-19(4)32-24-14-20(13-22(17(24)2)23-9-6-7-11-29-23)21-15-30-26(31-16-21)18(3)37-25(35)10-8-12-34/h6-7,9,11-16,18H,5,8,10H2,1-4H3,(H2,28,32,33,36). The van der Waals surface area contributed by atoms with Crippen molar-refractivity contribution >= 4 is 29.8 Å². The van der Waals surface area contributed by atoms with Gasteiger partial charge in [-0.2, -0.15) is 0 Å². The molecule has 0 aliphatic carbocycles. The van der Waals surface area contributed by atoms with Gasteiger partial charge in [-0.1, -0.05) is 6.07 Å². The molecule has 0 spiro atoms. The molecule has 3 aromatic rings. The number of ether oxygens (including phenoxy) is 1. The predicted octanol–water partition coefficient (Wildman–Crippen LogP) is 4.47. The summed E-state index contributed by atoms with van der Waals surface area (Å²) in [5.41, 5.74) is 4.75. The molecule has 10 nitrogen and oxygen atoms in total. The molecule has 2 aromatic heterocycles. The fourth-order valence-corrected chi connectivity index (χ4v) is 3.53. The number of aldehydes is 1. The van der Waals surface area contributed by atoms with E-state index in [9.17, 15) is 14.4 Å². The van der Waals surface area contributed by atoms with Gasteiger partial charge in [-0.05, 0) is 63.1 Å². The predicted molar refractivity (Wildman–Crippen MR) is 140 cm³/mol. The van der Waals surface area contributed by atoms with Crippen LogP contribution in [0.15, 0.2) is 53.9 Å². The lowest BCUT2D eigenvalue weighted by Crippen LogP contribution is -2.38. The molecule has 37 heavy (non-hydrogen) atoms. The summed E-state index contributed by atoms with van der Waals surface area (Å²) in [7, 11) is 0. The van der Waals surface area contributed by atoms with Gasteiger partial charge in [0.05, 0.1) is 17.8 Å². The minimum Gasteiger partial charge on any atom is -0.454 e. The largest absolute Gasteiger partial charge is 0.454 e. The molecule has 2 N–H and O–H groups in total. The van der Waals surface area contributed by atoms with E-state index in [0.29, 0.717) is 30.2 Å². The molecule has 1 atom stereocenters. The molecule has 0 saturated heterocycles. The van der Waals surface area contributed by atoms with E-state index in [-0.39, 0.29) is 18.9 Å². The molecular weight excluding hydrogens is 472 g/mol. The average molecular weight is 503 g/mol. The number of carbonyl (C=O) groups is 3. The van der Waals surface area contributed by atoms with E-state index in [1.807, 2.05) is 44.2 Å². The van der Waals surface area contributed by atoms with Gasteiger partial charge in [-0.3, -0.25) is 15.1 Å². The van der Waals surface area contributed by atoms with Crippen molar-refractivity contribution in [2.45, 2.75) is 46.6 Å². The van der Waals surface area contributed by atoms with Gasteiger partial charge in [0.2, 0.25) is 0 Å². The van der Waals surface area contributed by atoms with Crippen LogP contribution in [0.25, 0.3) is 22.4 Å². The maximum atomic E-state index is 11.9. The van der Waals surface area contributed by atoms with E-state index in [0.717, 1.165) is 27.9 Å². The third kappa shape index (κ3) is 7.50. The highest BCUT2D eigenvalue weighted by Crippen LogP contribution is 2.35. The van der Waals surface area contributed by atoms with E-state index in [1.165, 1.54) is 0 Å². The molecule has 0 radical (unpaired) electrons. The maximum Gasteiger partial charge on any atom is 0.320 e. The number of pyridine rings is 1. The van der Waals surface area contributed by atoms with Gasteiger partial charge in [0, 0.05) is 42.7 Å². The number of aromatic nitrogens is 3. The zero-order valence-corrected chi connectivity index (χ0v) is 21.3. The summed E-state index contributed by atoms with van der Waals surface area (Å²) in [6.45, 7) is 7.69. The van der Waals surface area contributed by atoms with Crippen molar-refractivity contribution in [2.24, 2.45) is 4.99 Å². The lowest BCUT2D eigenvalue weighted by molar-refractivity contribution is -0.149. The molecule has 3 rings (SSSR count). The molecule has 0 saturated carbocycles. The Morgan fingerprint density at radius 1 is 1.14 bits per heavy atom. The molecule has 0 fully saturated rings. The first-order valence-corrected chi connectivity index (χ1v) is 11.9. The Hall–Kier alpha value is -4.47. The summed E-state index contributed by atoms with van der Waals surface area (Å²) < 4.78 is 5.30. The van der Waals surface area contributed by atoms with Gasteiger partial charge in [0.1, 0.15) is 12.1 Å². The number of amides is 2. The number of urea groups is 1. The van der Waals surface area contributed by atoms with E-state index in [2.05, 4.69) is 30.6 Å². The van der Waals surface area contributed by atoms with Crippen molar-refractivity contribution in [1.82, 2.24) is 25.6 Å². The van der Waals surface area contributed by atoms with Crippen LogP contribution in [0.5, 0.6) is 0 Å². The number of hydrogen-bond donors (Lipinski definition) is 2. The zero-order chi connectivity index (χ0) is 26.8. The second-order valence-corrected chi connectivity index (χ2v) is 8.23. The second kappa shape index (κ2) is 13.0. The smallest absolute Gasteiger partial charge is 0.320 e. The Kier molecular flexibility index (Phi) is 9.54. The van der Waals surface area contributed by atoms with E-state index < -0.39 is 12.1 Å². The molecule has 0 aliphatic rings. The number of carbonyl (C=O) groups excluding carboxylic acids is 3. The molecule has 2 amide bonds. The molecule has 10 heteroatoms. The van der Waals surface area contributed by atoms with Crippen LogP contribution in [0.4, 0.5) is 10.5 Å². The average Bonchev–Trinajstić information content (AvgIpc) is 2.89. The molecule has 0 bridgehead atoms. The Labute approximate surface area is 215 Å². The molecule has 2 heterocycles. The summed E-state index contributed by atoms with van der Waals surface area (Å²) >= 11 is 0. The van der Waals surface area contributed by atoms with Gasteiger partial charge in [0.25, 0.3) is 0 Å². The SMILES string of the molecule is CCNC(=O)N/C(C)=N/c1cc(-c2cnc(C(C)OC(=O)CCC=O)nc2)cc(-c2ccccn2)c1C. The van der Waals surface area contributed by atoms with Crippen LogP contribution in [0.3, 0.4) is 0 Å². The van der Waals surface area contributed by atoms with E-state index in [1.54, 1.807) is 32.4 Å². The first kappa shape index (κ1) is 27.1. The topological polar surface area (TPSA) is 136 Å². The zero-order valence-electron chi connectivity index (χ0n) is 21.3. The highest BCUT2D eigenvalue weighted by atomic mass is 16.5. The Morgan fingerprint density at radius 2 is 1.89 bits per heavy atom. The molecule has 1 aromatic carbocycles. The van der Waals surface area contributed by atoms with Gasteiger partial charge < -0.3 is 14.8 Å². The molecule has 192 valence electrons. The third-order valence-electron chi connectivity index (χ3n) is 5.38. The number of benzene rings is 1. The lowest BCUT2D eigenvalue weighted by atomic mass is 9.97. The summed E-state index contributed by atoms with van der Waals surface area (Å²) in [5.74, 6) is 0.306. The summed E-state index contributed by atoms with van der Waals surface area (Å²) in [4.78, 5) is 52.1. The quantitative estimate of drug-likeness (QED) is 0.191. The van der Waals surface area contributed by atoms with Crippen LogP contribution in [0, 0.1) is 6.92 Å². The minimum atomic E-state index is -0.654. The number of nitrogens with one attached hydrogen (secondary N) is 2. The van der Waals surface area contributed by atoms with Crippen molar-refractivity contribution in [1.29, 1.82) is 0 Å². The number of rotatable bonds is 9. The Bertz CT molecular complexity index is 1280. The van der Waals surface area contributed by atoms with Crippen LogP contribution in [0.1, 0.15) is 51.1 Å². The van der Waals surface area contributed by atoms with Crippen molar-refractivity contribution in [3.63, 3.8) is 0 Å². The Balaban J connectivity index is 1.96. The van der Waals surface area contributed by atoms with Gasteiger partial charge >= 0.3 is 12.0 Å². The monoisotopic (exact) mass is 502 g/mol. The highest BCUT2D eigenvalue weighted by molar-refractivity contribution is 5.97. The number of nitrogens with zero attached hydrogens (tertiary/aromatic N) is 4. The third-order valence-corrected chi connectivity index (χ3v) is 5.38. The summed E-state index contributed by atoms with van der Waals surface area (Å²) in [6, 6.07) is 9.24. The van der Waals surface area contributed by atoms with Crippen LogP contribution >= 0.6 is 0 Å². The number of hydrogen-bond acceptors (Lipinski definition) is 8. The fourth-order valence-electron chi connectivity index (χ4n) is 3.53. The molecule has 1 unspecified atom stereocenters. The van der Waals surface area contributed by atoms with Crippen molar-refractivity contribution in [2.75, 3.05) is 6.54 Å². The van der Waals surface area contributed by atoms with Crippen LogP contribution in [-0.4, -0.2) is 45.6 Å². The van der Waals surface area contributed by atoms with Gasteiger partial charge in [-0.25, -0.2) is 19.8 Å². The van der Waals surface area contributed by atoms with E-state index in [4.69, 9.17) is 4.74 Å². The van der Waals surface area contributed by atoms with Gasteiger partial charge in [0.15, 0.2) is 11.9 Å². The van der Waals surface area contributed by atoms with Crippen LogP contribution < -0.4 is 10.6 Å². The number of amidine groups is 1. The number of aliphatic imine (C=N–C) groups is 1. The second-order valence-electron chi connectivity index (χ2n) is 8.23. The fraction of sp³-hybridized carbons (Fsp3) is 0.296. The normalized spacial score (nSPS) is 11.9. The summed E-state index contributed by atoms with van der Waals surface area (Å²) in [5, 5.41) is 5.41. The van der Waals surface area contributed by atoms with Crippen molar-refractivity contribution in [3.8, 4) is 22.4 Å². The molecule has 0 aliphatic heterocycles. The number of esters is 1. The first-order valence-electron chi connectivity index (χ1n) is 11.9. The first-order chi connectivity index (χ1) is 17.8. The van der Waals surface area contributed by atoms with Crippen LogP contribution in [0.2, 0.25) is 0 Å². The van der Waals surface area contributed by atoms with E-state index >= 15 is 0 Å². The highest BCUT2D eigenvalue weighted by Gasteiger charge is 2.16. The van der Waals surface area contributed by atoms with Crippen molar-refractivity contribution in [3.05, 3.63) is 60.3 Å². The summed E-state index contributed by atoms with van der Waals surface area (Å²) in [6.07, 6.45) is 5.18. The van der Waals surface area contributed by atoms with Gasteiger partial charge in [-0.15, -0.1) is 0 Å². The Morgan fingerprint density at radius 3 is 2.54 bits per heavy atom. The lowest BCUT2D eigenvalue weighted by Gasteiger charge is -2.14. The minimum absolute atomic E-state index is 0.0171.